The number of hydrogen-bond donors (Lipinski definition) is 3. The smallest absolute Gasteiger partial charge is 0.407 e. The van der Waals surface area contributed by atoms with E-state index in [0.717, 1.165) is 51.5 Å². The second-order valence-corrected chi connectivity index (χ2v) is 9.80. The van der Waals surface area contributed by atoms with E-state index in [4.69, 9.17) is 9.73 Å². The van der Waals surface area contributed by atoms with E-state index in [1.807, 2.05) is 27.7 Å². The molecule has 2 amide bonds. The molecule has 2 rings (SSSR count). The first-order valence-electron chi connectivity index (χ1n) is 11.6. The van der Waals surface area contributed by atoms with Gasteiger partial charge in [0.05, 0.1) is 19.1 Å². The Bertz CT molecular complexity index is 619. The molecule has 1 aliphatic carbocycles. The number of nitrogens with one attached hydrogen (secondary N) is 3. The summed E-state index contributed by atoms with van der Waals surface area (Å²) >= 11 is 0. The standard InChI is InChI=1S/C22H42N6O3/c1-7-23-20(24-14-18(16(2)3)26-21(30)31-22(4,5)6)28-12-10-27(11-13-28)15-19(29)25-17-8-9-17/h16-18H,7-15H2,1-6H3,(H,23,24)(H,25,29)(H,26,30). The molecular weight excluding hydrogens is 396 g/mol. The van der Waals surface area contributed by atoms with Crippen molar-refractivity contribution < 1.29 is 14.3 Å². The summed E-state index contributed by atoms with van der Waals surface area (Å²) in [5, 5.41) is 9.37. The predicted octanol–water partition coefficient (Wildman–Crippen LogP) is 1.40. The monoisotopic (exact) mass is 438 g/mol. The highest BCUT2D eigenvalue weighted by atomic mass is 16.6. The van der Waals surface area contributed by atoms with Gasteiger partial charge in [0.15, 0.2) is 5.96 Å². The van der Waals surface area contributed by atoms with Gasteiger partial charge in [0.25, 0.3) is 0 Å². The second kappa shape index (κ2) is 11.5. The molecule has 1 saturated heterocycles. The minimum atomic E-state index is -0.529. The van der Waals surface area contributed by atoms with Crippen molar-refractivity contribution in [3.05, 3.63) is 0 Å². The SMILES string of the molecule is CCNC(=NCC(NC(=O)OC(C)(C)C)C(C)C)N1CCN(CC(=O)NC2CC2)CC1. The lowest BCUT2D eigenvalue weighted by molar-refractivity contribution is -0.122. The Morgan fingerprint density at radius 1 is 1.13 bits per heavy atom. The van der Waals surface area contributed by atoms with Gasteiger partial charge in [-0.2, -0.15) is 0 Å². The summed E-state index contributed by atoms with van der Waals surface area (Å²) in [6, 6.07) is 0.292. The maximum Gasteiger partial charge on any atom is 0.407 e. The summed E-state index contributed by atoms with van der Waals surface area (Å²) in [5.41, 5.74) is -0.529. The van der Waals surface area contributed by atoms with Crippen molar-refractivity contribution in [2.75, 3.05) is 45.8 Å². The third-order valence-corrected chi connectivity index (χ3v) is 5.26. The van der Waals surface area contributed by atoms with Crippen LogP contribution in [0.1, 0.15) is 54.4 Å². The van der Waals surface area contributed by atoms with Crippen molar-refractivity contribution in [3.8, 4) is 0 Å². The van der Waals surface area contributed by atoms with Gasteiger partial charge in [-0.15, -0.1) is 0 Å². The summed E-state index contributed by atoms with van der Waals surface area (Å²) in [6.45, 7) is 16.7. The van der Waals surface area contributed by atoms with Crippen molar-refractivity contribution in [2.24, 2.45) is 10.9 Å². The van der Waals surface area contributed by atoms with Gasteiger partial charge in [-0.05, 0) is 46.5 Å². The summed E-state index contributed by atoms with van der Waals surface area (Å²) in [7, 11) is 0. The third-order valence-electron chi connectivity index (χ3n) is 5.26. The van der Waals surface area contributed by atoms with E-state index in [9.17, 15) is 9.59 Å². The lowest BCUT2D eigenvalue weighted by atomic mass is 10.1. The van der Waals surface area contributed by atoms with Crippen molar-refractivity contribution in [3.63, 3.8) is 0 Å². The molecule has 2 fully saturated rings. The molecule has 1 atom stereocenters. The molecule has 0 aromatic carbocycles. The molecule has 9 nitrogen and oxygen atoms in total. The van der Waals surface area contributed by atoms with E-state index in [2.05, 4.69) is 39.6 Å². The van der Waals surface area contributed by atoms with Gasteiger partial charge < -0.3 is 25.6 Å². The van der Waals surface area contributed by atoms with Crippen LogP contribution in [0.5, 0.6) is 0 Å². The summed E-state index contributed by atoms with van der Waals surface area (Å²) in [5.74, 6) is 1.20. The average Bonchev–Trinajstić information content (AvgIpc) is 3.46. The number of nitrogens with zero attached hydrogens (tertiary/aromatic N) is 3. The number of rotatable bonds is 8. The minimum absolute atomic E-state index is 0.115. The number of carbonyl (C=O) groups is 2. The normalized spacial score (nSPS) is 19.2. The molecule has 1 unspecified atom stereocenters. The molecule has 9 heteroatoms. The Hall–Kier alpha value is -2.03. The van der Waals surface area contributed by atoms with Crippen molar-refractivity contribution >= 4 is 18.0 Å². The Morgan fingerprint density at radius 3 is 2.29 bits per heavy atom. The number of amides is 2. The van der Waals surface area contributed by atoms with Crippen LogP contribution in [0.2, 0.25) is 0 Å². The van der Waals surface area contributed by atoms with Crippen LogP contribution in [-0.2, 0) is 9.53 Å². The first-order valence-corrected chi connectivity index (χ1v) is 11.6. The minimum Gasteiger partial charge on any atom is -0.444 e. The van der Waals surface area contributed by atoms with E-state index in [0.29, 0.717) is 19.1 Å². The molecule has 0 aromatic heterocycles. The van der Waals surface area contributed by atoms with Crippen LogP contribution in [0.4, 0.5) is 4.79 Å². The fourth-order valence-corrected chi connectivity index (χ4v) is 3.31. The van der Waals surface area contributed by atoms with E-state index in [-0.39, 0.29) is 17.9 Å². The van der Waals surface area contributed by atoms with Gasteiger partial charge in [0.1, 0.15) is 5.60 Å². The molecule has 1 heterocycles. The highest BCUT2D eigenvalue weighted by Gasteiger charge is 2.26. The molecule has 3 N–H and O–H groups in total. The van der Waals surface area contributed by atoms with Gasteiger partial charge in [-0.25, -0.2) is 4.79 Å². The molecule has 178 valence electrons. The largest absolute Gasteiger partial charge is 0.444 e. The van der Waals surface area contributed by atoms with E-state index in [1.165, 1.54) is 0 Å². The van der Waals surface area contributed by atoms with Crippen molar-refractivity contribution in [2.45, 2.75) is 72.1 Å². The van der Waals surface area contributed by atoms with Gasteiger partial charge in [-0.1, -0.05) is 13.8 Å². The van der Waals surface area contributed by atoms with Crippen LogP contribution in [0.25, 0.3) is 0 Å². The molecule has 0 bridgehead atoms. The van der Waals surface area contributed by atoms with E-state index >= 15 is 0 Å². The summed E-state index contributed by atoms with van der Waals surface area (Å²) in [6.07, 6.45) is 1.81. The molecule has 0 aromatic rings. The predicted molar refractivity (Wildman–Crippen MR) is 123 cm³/mol. The number of ether oxygens (including phenoxy) is 1. The number of guanidine groups is 1. The fraction of sp³-hybridized carbons (Fsp3) is 0.864. The summed E-state index contributed by atoms with van der Waals surface area (Å²) in [4.78, 5) is 33.5. The second-order valence-electron chi connectivity index (χ2n) is 9.80. The molecule has 0 radical (unpaired) electrons. The first kappa shape index (κ1) is 25.2. The quantitative estimate of drug-likeness (QED) is 0.391. The van der Waals surface area contributed by atoms with Crippen molar-refractivity contribution in [1.82, 2.24) is 25.8 Å². The number of piperazine rings is 1. The van der Waals surface area contributed by atoms with Crippen LogP contribution in [-0.4, -0.2) is 91.3 Å². The molecule has 31 heavy (non-hydrogen) atoms. The Balaban J connectivity index is 1.87. The number of aliphatic imine (C=N–C) groups is 1. The van der Waals surface area contributed by atoms with E-state index in [1.54, 1.807) is 0 Å². The topological polar surface area (TPSA) is 98.3 Å². The van der Waals surface area contributed by atoms with Crippen molar-refractivity contribution in [1.29, 1.82) is 0 Å². The van der Waals surface area contributed by atoms with Crippen LogP contribution < -0.4 is 16.0 Å². The Kier molecular flexibility index (Phi) is 9.40. The molecule has 1 aliphatic heterocycles. The fourth-order valence-electron chi connectivity index (χ4n) is 3.31. The molecular formula is C22H42N6O3. The summed E-state index contributed by atoms with van der Waals surface area (Å²) < 4.78 is 5.40. The highest BCUT2D eigenvalue weighted by Crippen LogP contribution is 2.18. The average molecular weight is 439 g/mol. The number of carbonyl (C=O) groups excluding carboxylic acids is 2. The van der Waals surface area contributed by atoms with Gasteiger partial charge >= 0.3 is 6.09 Å². The third kappa shape index (κ3) is 9.76. The zero-order valence-corrected chi connectivity index (χ0v) is 20.2. The van der Waals surface area contributed by atoms with Gasteiger partial charge in [-0.3, -0.25) is 14.7 Å². The molecule has 0 spiro atoms. The Morgan fingerprint density at radius 2 is 1.77 bits per heavy atom. The zero-order chi connectivity index (χ0) is 23.0. The lowest BCUT2D eigenvalue weighted by Gasteiger charge is -2.36. The van der Waals surface area contributed by atoms with Gasteiger partial charge in [0, 0.05) is 38.8 Å². The maximum atomic E-state index is 12.2. The zero-order valence-electron chi connectivity index (χ0n) is 20.2. The molecule has 1 saturated carbocycles. The van der Waals surface area contributed by atoms with Crippen LogP contribution in [0.15, 0.2) is 4.99 Å². The van der Waals surface area contributed by atoms with Crippen LogP contribution in [0, 0.1) is 5.92 Å². The van der Waals surface area contributed by atoms with E-state index < -0.39 is 11.7 Å². The maximum absolute atomic E-state index is 12.2. The lowest BCUT2D eigenvalue weighted by Crippen LogP contribution is -2.54. The first-order chi connectivity index (χ1) is 14.6. The van der Waals surface area contributed by atoms with Gasteiger partial charge in [0.2, 0.25) is 5.91 Å². The molecule has 2 aliphatic rings. The highest BCUT2D eigenvalue weighted by molar-refractivity contribution is 5.80. The Labute approximate surface area is 187 Å². The number of hydrogen-bond acceptors (Lipinski definition) is 5. The number of alkyl carbamates (subject to hydrolysis) is 1. The van der Waals surface area contributed by atoms with Crippen LogP contribution >= 0.6 is 0 Å². The van der Waals surface area contributed by atoms with Crippen LogP contribution in [0.3, 0.4) is 0 Å².